The molecule has 0 saturated carbocycles. The smallest absolute Gasteiger partial charge is 0.309 e. The lowest BCUT2D eigenvalue weighted by Crippen LogP contribution is -2.05. The van der Waals surface area contributed by atoms with Crippen LogP contribution in [0, 0.1) is 13.5 Å². The van der Waals surface area contributed by atoms with E-state index in [-0.39, 0.29) is 0 Å². The van der Waals surface area contributed by atoms with E-state index in [1.807, 2.05) is 36.4 Å². The zero-order valence-corrected chi connectivity index (χ0v) is 36.2. The first-order valence-electron chi connectivity index (χ1n) is 21.3. The molecule has 0 spiro atoms. The Morgan fingerprint density at radius 3 is 1.66 bits per heavy atom. The molecule has 0 atom stereocenters. The minimum absolute atomic E-state index is 0.438. The van der Waals surface area contributed by atoms with E-state index in [0.717, 1.165) is 55.2 Å². The van der Waals surface area contributed by atoms with Gasteiger partial charge in [-0.1, -0.05) is 103 Å². The zero-order valence-electron chi connectivity index (χ0n) is 34.5. The average molecular weight is 880 g/mol. The molecule has 0 unspecified atom stereocenters. The van der Waals surface area contributed by atoms with Crippen LogP contribution in [0.1, 0.15) is 11.1 Å². The van der Waals surface area contributed by atoms with E-state index >= 15 is 0 Å². The molecule has 4 aromatic heterocycles. The third-order valence-corrected chi connectivity index (χ3v) is 15.4. The number of alkyl halides is 3. The molecule has 0 radical (unpaired) electrons. The molecular weight excluding hydrogens is 848 g/mol. The van der Waals surface area contributed by atoms with Crippen molar-refractivity contribution in [2.75, 3.05) is 0 Å². The van der Waals surface area contributed by atoms with Crippen molar-refractivity contribution < 1.29 is 13.2 Å². The van der Waals surface area contributed by atoms with E-state index in [1.165, 1.54) is 57.9 Å². The number of nitrogens with zero attached hydrogens (tertiary/aromatic N) is 3. The number of thiophene rings is 2. The molecule has 65 heavy (non-hydrogen) atoms. The molecule has 0 aliphatic rings. The van der Waals surface area contributed by atoms with Crippen LogP contribution in [0.4, 0.5) is 18.9 Å². The van der Waals surface area contributed by atoms with E-state index in [4.69, 9.17) is 6.57 Å². The fourth-order valence-corrected chi connectivity index (χ4v) is 12.7. The van der Waals surface area contributed by atoms with Gasteiger partial charge in [0.2, 0.25) is 0 Å². The van der Waals surface area contributed by atoms with Crippen molar-refractivity contribution in [3.05, 3.63) is 198 Å². The predicted molar refractivity (Wildman–Crippen MR) is 268 cm³/mol. The molecule has 3 nitrogen and oxygen atoms in total. The highest BCUT2D eigenvalue weighted by molar-refractivity contribution is 7.27. The van der Waals surface area contributed by atoms with Crippen LogP contribution in [-0.4, -0.2) is 9.13 Å². The number of rotatable bonds is 4. The maximum atomic E-state index is 14.3. The summed E-state index contributed by atoms with van der Waals surface area (Å²) in [6.45, 7) is 10.3. The van der Waals surface area contributed by atoms with E-state index < -0.39 is 11.7 Å². The van der Waals surface area contributed by atoms with Crippen molar-refractivity contribution in [1.29, 1.82) is 0 Å². The van der Waals surface area contributed by atoms with Gasteiger partial charge in [-0.2, -0.15) is 13.2 Å². The van der Waals surface area contributed by atoms with E-state index in [9.17, 15) is 13.2 Å². The van der Waals surface area contributed by atoms with Crippen LogP contribution in [0.15, 0.2) is 176 Å². The standard InChI is InChI=1S/C57H32F3N3S2/c1-32-27-34(29-35(28-32)57(58,59)60)33-19-24-48(63-47-16-8-4-14-42(47)54-50(63)26-22-40-38-12-6-10-18-52(38)65-56(40)54)44(30-33)43-31-36(20-23-45(43)61-2)62-46-15-7-3-13-41(46)53-49(62)25-21-39-37-11-5-9-17-51(37)64-55(39)53/h3-31H,1H3. The number of benzene rings is 9. The fourth-order valence-electron chi connectivity index (χ4n) is 10.2. The molecule has 0 aliphatic carbocycles. The number of halogens is 3. The van der Waals surface area contributed by atoms with Crippen LogP contribution in [-0.2, 0) is 6.18 Å². The van der Waals surface area contributed by atoms with E-state index in [1.54, 1.807) is 35.7 Å². The molecule has 0 N–H and O–H groups in total. The molecule has 0 bridgehead atoms. The van der Waals surface area contributed by atoms with Gasteiger partial charge in [-0.15, -0.1) is 22.7 Å². The SMILES string of the molecule is [C-]#[N+]c1ccc(-n2c3ccccc3c3c4sc5ccccc5c4ccc32)cc1-c1cc(-c2cc(C)cc(C(F)(F)F)c2)ccc1-n1c2ccccc2c2c3sc4ccccc4c3ccc21. The summed E-state index contributed by atoms with van der Waals surface area (Å²) in [5, 5.41) is 9.40. The van der Waals surface area contributed by atoms with Crippen LogP contribution in [0.5, 0.6) is 0 Å². The Morgan fingerprint density at radius 1 is 0.477 bits per heavy atom. The summed E-state index contributed by atoms with van der Waals surface area (Å²) in [4.78, 5) is 4.12. The van der Waals surface area contributed by atoms with Gasteiger partial charge in [-0.05, 0) is 108 Å². The highest BCUT2D eigenvalue weighted by Crippen LogP contribution is 2.48. The summed E-state index contributed by atoms with van der Waals surface area (Å²) in [7, 11) is 0. The second-order valence-corrected chi connectivity index (χ2v) is 18.8. The van der Waals surface area contributed by atoms with Gasteiger partial charge >= 0.3 is 6.18 Å². The first kappa shape index (κ1) is 37.8. The maximum absolute atomic E-state index is 14.3. The molecule has 8 heteroatoms. The molecule has 9 aromatic carbocycles. The van der Waals surface area contributed by atoms with Gasteiger partial charge < -0.3 is 9.13 Å². The lowest BCUT2D eigenvalue weighted by atomic mass is 9.94. The number of hydrogen-bond donors (Lipinski definition) is 0. The van der Waals surface area contributed by atoms with Crippen molar-refractivity contribution in [2.45, 2.75) is 13.1 Å². The third kappa shape index (κ3) is 5.59. The van der Waals surface area contributed by atoms with Gasteiger partial charge in [0, 0.05) is 67.6 Å². The summed E-state index contributed by atoms with van der Waals surface area (Å²) in [5.41, 5.74) is 8.52. The topological polar surface area (TPSA) is 14.2 Å². The molecule has 13 rings (SSSR count). The summed E-state index contributed by atoms with van der Waals surface area (Å²) >= 11 is 3.58. The number of aryl methyl sites for hydroxylation is 1. The van der Waals surface area contributed by atoms with Gasteiger partial charge in [0.15, 0.2) is 5.69 Å². The Labute approximate surface area is 377 Å². The lowest BCUT2D eigenvalue weighted by Gasteiger charge is -2.19. The van der Waals surface area contributed by atoms with E-state index in [0.29, 0.717) is 27.9 Å². The van der Waals surface area contributed by atoms with Crippen LogP contribution in [0.25, 0.3) is 122 Å². The molecular formula is C57H32F3N3S2. The van der Waals surface area contributed by atoms with Crippen molar-refractivity contribution in [2.24, 2.45) is 0 Å². The highest BCUT2D eigenvalue weighted by atomic mass is 32.1. The predicted octanol–water partition coefficient (Wildman–Crippen LogP) is 17.8. The molecule has 0 fully saturated rings. The van der Waals surface area contributed by atoms with Gasteiger partial charge in [-0.25, -0.2) is 4.85 Å². The summed E-state index contributed by atoms with van der Waals surface area (Å²) < 4.78 is 52.4. The van der Waals surface area contributed by atoms with E-state index in [2.05, 4.69) is 135 Å². The first-order chi connectivity index (χ1) is 31.7. The number of hydrogen-bond acceptors (Lipinski definition) is 2. The lowest BCUT2D eigenvalue weighted by molar-refractivity contribution is -0.137. The van der Waals surface area contributed by atoms with Crippen molar-refractivity contribution >= 4 is 112 Å². The summed E-state index contributed by atoms with van der Waals surface area (Å²) in [6, 6.07) is 58.8. The van der Waals surface area contributed by atoms with Crippen LogP contribution in [0.3, 0.4) is 0 Å². The Bertz CT molecular complexity index is 4210. The number of para-hydroxylation sites is 2. The molecule has 0 aliphatic heterocycles. The Hall–Kier alpha value is -7.70. The Morgan fingerprint density at radius 2 is 1.05 bits per heavy atom. The minimum atomic E-state index is -4.51. The third-order valence-electron chi connectivity index (χ3n) is 13.0. The van der Waals surface area contributed by atoms with Crippen molar-refractivity contribution in [3.8, 4) is 33.6 Å². The summed E-state index contributed by atoms with van der Waals surface area (Å²) in [5.74, 6) is 0. The molecule has 0 amide bonds. The van der Waals surface area contributed by atoms with Gasteiger partial charge in [0.1, 0.15) is 0 Å². The van der Waals surface area contributed by atoms with Crippen LogP contribution in [0.2, 0.25) is 0 Å². The average Bonchev–Trinajstić information content (AvgIpc) is 4.08. The quantitative estimate of drug-likeness (QED) is 0.156. The molecule has 0 saturated heterocycles. The minimum Gasteiger partial charge on any atom is -0.309 e. The summed E-state index contributed by atoms with van der Waals surface area (Å²) in [6.07, 6.45) is -4.51. The number of fused-ring (bicyclic) bond motifs is 14. The second kappa shape index (κ2) is 13.9. The first-order valence-corrected chi connectivity index (χ1v) is 22.9. The normalized spacial score (nSPS) is 12.3. The fraction of sp³-hybridized carbons (Fsp3) is 0.0351. The zero-order chi connectivity index (χ0) is 43.7. The molecule has 13 aromatic rings. The van der Waals surface area contributed by atoms with Gasteiger partial charge in [0.05, 0.1) is 39.9 Å². The van der Waals surface area contributed by atoms with Crippen LogP contribution >= 0.6 is 22.7 Å². The largest absolute Gasteiger partial charge is 0.416 e. The van der Waals surface area contributed by atoms with Crippen LogP contribution < -0.4 is 0 Å². The van der Waals surface area contributed by atoms with Gasteiger partial charge in [0.25, 0.3) is 0 Å². The van der Waals surface area contributed by atoms with Crippen molar-refractivity contribution in [1.82, 2.24) is 9.13 Å². The van der Waals surface area contributed by atoms with Gasteiger partial charge in [-0.3, -0.25) is 0 Å². The van der Waals surface area contributed by atoms with Crippen molar-refractivity contribution in [3.63, 3.8) is 0 Å². The highest BCUT2D eigenvalue weighted by Gasteiger charge is 2.31. The number of aromatic nitrogens is 2. The maximum Gasteiger partial charge on any atom is 0.416 e. The molecule has 4 heterocycles. The molecule has 308 valence electrons. The Balaban J connectivity index is 1.12. The monoisotopic (exact) mass is 879 g/mol. The second-order valence-electron chi connectivity index (χ2n) is 16.7. The Kier molecular flexibility index (Phi) is 8.09.